The van der Waals surface area contributed by atoms with Crippen molar-refractivity contribution in [2.75, 3.05) is 19.6 Å². The normalized spacial score (nSPS) is 16.3. The monoisotopic (exact) mass is 328 g/mol. The summed E-state index contributed by atoms with van der Waals surface area (Å²) in [6.07, 6.45) is -2.11. The minimum absolute atomic E-state index is 0.0556. The Hall–Kier alpha value is -1.56. The highest BCUT2D eigenvalue weighted by atomic mass is 19.4. The molecule has 1 aromatic rings. The fraction of sp³-hybridized carbons (Fsp3) is 0.588. The van der Waals surface area contributed by atoms with E-state index in [0.29, 0.717) is 6.54 Å². The van der Waals surface area contributed by atoms with E-state index in [1.807, 2.05) is 6.92 Å². The van der Waals surface area contributed by atoms with Gasteiger partial charge in [-0.15, -0.1) is 0 Å². The van der Waals surface area contributed by atoms with Gasteiger partial charge in [0.1, 0.15) is 0 Å². The molecule has 0 saturated carbocycles. The van der Waals surface area contributed by atoms with Crippen molar-refractivity contribution in [2.45, 2.75) is 44.8 Å². The summed E-state index contributed by atoms with van der Waals surface area (Å²) in [5, 5.41) is 3.24. The number of amides is 1. The molecule has 1 saturated heterocycles. The van der Waals surface area contributed by atoms with Crippen molar-refractivity contribution >= 4 is 5.91 Å². The summed E-state index contributed by atoms with van der Waals surface area (Å²) in [5.74, 6) is -0.213. The highest BCUT2D eigenvalue weighted by Gasteiger charge is 2.34. The lowest BCUT2D eigenvalue weighted by atomic mass is 10.0. The number of halogens is 3. The van der Waals surface area contributed by atoms with Crippen LogP contribution >= 0.6 is 0 Å². The molecule has 128 valence electrons. The standard InChI is InChI=1S/C17H23F3N2O/c1-2-11-22(14-7-9-21-10-8-14)16(23)12-13-5-3-4-6-15(13)17(18,19)20/h3-6,14,21H,2,7-12H2,1H3. The third-order valence-corrected chi connectivity index (χ3v) is 4.20. The van der Waals surface area contributed by atoms with E-state index in [1.54, 1.807) is 11.0 Å². The van der Waals surface area contributed by atoms with Crippen LogP contribution in [0.2, 0.25) is 0 Å². The Morgan fingerprint density at radius 3 is 2.52 bits per heavy atom. The molecule has 0 aromatic heterocycles. The summed E-state index contributed by atoms with van der Waals surface area (Å²) in [7, 11) is 0. The summed E-state index contributed by atoms with van der Waals surface area (Å²) in [4.78, 5) is 14.4. The van der Waals surface area contributed by atoms with Crippen molar-refractivity contribution in [2.24, 2.45) is 0 Å². The van der Waals surface area contributed by atoms with Gasteiger partial charge in [0.15, 0.2) is 0 Å². The maximum absolute atomic E-state index is 13.1. The Labute approximate surface area is 134 Å². The Morgan fingerprint density at radius 1 is 1.26 bits per heavy atom. The number of benzene rings is 1. The van der Waals surface area contributed by atoms with Crippen LogP contribution in [0.5, 0.6) is 0 Å². The Bertz CT molecular complexity index is 525. The SMILES string of the molecule is CCCN(C(=O)Cc1ccccc1C(F)(F)F)C1CCNCC1. The van der Waals surface area contributed by atoms with Gasteiger partial charge in [-0.25, -0.2) is 0 Å². The zero-order valence-electron chi connectivity index (χ0n) is 13.3. The Morgan fingerprint density at radius 2 is 1.91 bits per heavy atom. The average molecular weight is 328 g/mol. The molecule has 1 aromatic carbocycles. The van der Waals surface area contributed by atoms with Crippen LogP contribution in [0.1, 0.15) is 37.3 Å². The van der Waals surface area contributed by atoms with Gasteiger partial charge >= 0.3 is 6.18 Å². The second kappa shape index (κ2) is 7.81. The molecule has 1 heterocycles. The molecule has 6 heteroatoms. The molecular formula is C17H23F3N2O. The van der Waals surface area contributed by atoms with Gasteiger partial charge in [0.2, 0.25) is 5.91 Å². The van der Waals surface area contributed by atoms with Crippen LogP contribution in [-0.2, 0) is 17.4 Å². The molecule has 2 rings (SSSR count). The van der Waals surface area contributed by atoms with Crippen molar-refractivity contribution < 1.29 is 18.0 Å². The summed E-state index contributed by atoms with van der Waals surface area (Å²) in [5.41, 5.74) is -0.657. The molecule has 23 heavy (non-hydrogen) atoms. The van der Waals surface area contributed by atoms with Crippen LogP contribution in [0.3, 0.4) is 0 Å². The molecule has 0 spiro atoms. The molecule has 0 radical (unpaired) electrons. The number of hydrogen-bond acceptors (Lipinski definition) is 2. The van der Waals surface area contributed by atoms with Crippen LogP contribution in [0.4, 0.5) is 13.2 Å². The molecule has 0 aliphatic carbocycles. The summed E-state index contributed by atoms with van der Waals surface area (Å²) in [6, 6.07) is 5.46. The van der Waals surface area contributed by atoms with Crippen molar-refractivity contribution in [3.63, 3.8) is 0 Å². The number of piperidine rings is 1. The van der Waals surface area contributed by atoms with Gasteiger partial charge in [-0.05, 0) is 44.0 Å². The van der Waals surface area contributed by atoms with Crippen LogP contribution in [-0.4, -0.2) is 36.5 Å². The van der Waals surface area contributed by atoms with Gasteiger partial charge in [-0.3, -0.25) is 4.79 Å². The van der Waals surface area contributed by atoms with Crippen LogP contribution < -0.4 is 5.32 Å². The summed E-state index contributed by atoms with van der Waals surface area (Å²) in [6.45, 7) is 4.26. The zero-order chi connectivity index (χ0) is 16.9. The van der Waals surface area contributed by atoms with E-state index in [2.05, 4.69) is 5.32 Å². The maximum atomic E-state index is 13.1. The first-order chi connectivity index (χ1) is 10.9. The van der Waals surface area contributed by atoms with Crippen molar-refractivity contribution in [1.29, 1.82) is 0 Å². The number of carbonyl (C=O) groups excluding carboxylic acids is 1. The lowest BCUT2D eigenvalue weighted by Crippen LogP contribution is -2.47. The Kier molecular flexibility index (Phi) is 6.04. The molecular weight excluding hydrogens is 305 g/mol. The first-order valence-corrected chi connectivity index (χ1v) is 8.08. The van der Waals surface area contributed by atoms with Gasteiger partial charge in [0, 0.05) is 12.6 Å². The first-order valence-electron chi connectivity index (χ1n) is 8.08. The predicted molar refractivity (Wildman–Crippen MR) is 83.0 cm³/mol. The molecule has 1 fully saturated rings. The summed E-state index contributed by atoms with van der Waals surface area (Å²) >= 11 is 0. The van der Waals surface area contributed by atoms with Crippen LogP contribution in [0.25, 0.3) is 0 Å². The second-order valence-corrected chi connectivity index (χ2v) is 5.90. The van der Waals surface area contributed by atoms with Crippen molar-refractivity contribution in [3.8, 4) is 0 Å². The molecule has 0 atom stereocenters. The highest BCUT2D eigenvalue weighted by molar-refractivity contribution is 5.79. The van der Waals surface area contributed by atoms with Crippen LogP contribution in [0.15, 0.2) is 24.3 Å². The molecule has 1 aliphatic rings. The topological polar surface area (TPSA) is 32.3 Å². The first kappa shape index (κ1) is 17.8. The Balaban J connectivity index is 2.15. The second-order valence-electron chi connectivity index (χ2n) is 5.90. The lowest BCUT2D eigenvalue weighted by Gasteiger charge is -2.35. The van der Waals surface area contributed by atoms with Gasteiger partial charge in [0.25, 0.3) is 0 Å². The van der Waals surface area contributed by atoms with Crippen molar-refractivity contribution in [1.82, 2.24) is 10.2 Å². The molecule has 1 aliphatic heterocycles. The quantitative estimate of drug-likeness (QED) is 0.900. The van der Waals surface area contributed by atoms with Gasteiger partial charge < -0.3 is 10.2 Å². The predicted octanol–water partition coefficient (Wildman–Crippen LogP) is 3.24. The van der Waals surface area contributed by atoms with E-state index in [9.17, 15) is 18.0 Å². The largest absolute Gasteiger partial charge is 0.416 e. The number of carbonyl (C=O) groups is 1. The molecule has 0 unspecified atom stereocenters. The zero-order valence-corrected chi connectivity index (χ0v) is 13.3. The van der Waals surface area contributed by atoms with Gasteiger partial charge in [0.05, 0.1) is 12.0 Å². The number of rotatable bonds is 5. The van der Waals surface area contributed by atoms with E-state index < -0.39 is 11.7 Å². The van der Waals surface area contributed by atoms with Gasteiger partial charge in [-0.2, -0.15) is 13.2 Å². The van der Waals surface area contributed by atoms with Gasteiger partial charge in [-0.1, -0.05) is 25.1 Å². The smallest absolute Gasteiger partial charge is 0.339 e. The van der Waals surface area contributed by atoms with E-state index in [0.717, 1.165) is 38.4 Å². The minimum atomic E-state index is -4.43. The fourth-order valence-corrected chi connectivity index (χ4v) is 3.09. The highest BCUT2D eigenvalue weighted by Crippen LogP contribution is 2.32. The lowest BCUT2D eigenvalue weighted by molar-refractivity contribution is -0.139. The number of nitrogens with zero attached hydrogens (tertiary/aromatic N) is 1. The molecule has 1 N–H and O–H groups in total. The van der Waals surface area contributed by atoms with E-state index >= 15 is 0 Å². The number of hydrogen-bond donors (Lipinski definition) is 1. The van der Waals surface area contributed by atoms with Crippen LogP contribution in [0, 0.1) is 0 Å². The number of nitrogens with one attached hydrogen (secondary N) is 1. The van der Waals surface area contributed by atoms with E-state index in [-0.39, 0.29) is 23.9 Å². The molecule has 3 nitrogen and oxygen atoms in total. The molecule has 0 bridgehead atoms. The third-order valence-electron chi connectivity index (χ3n) is 4.20. The number of alkyl halides is 3. The fourth-order valence-electron chi connectivity index (χ4n) is 3.09. The van der Waals surface area contributed by atoms with E-state index in [1.165, 1.54) is 12.1 Å². The van der Waals surface area contributed by atoms with E-state index in [4.69, 9.17) is 0 Å². The van der Waals surface area contributed by atoms with Crippen molar-refractivity contribution in [3.05, 3.63) is 35.4 Å². The maximum Gasteiger partial charge on any atom is 0.416 e. The molecule has 1 amide bonds. The average Bonchev–Trinajstić information content (AvgIpc) is 2.53. The summed E-state index contributed by atoms with van der Waals surface area (Å²) < 4.78 is 39.2. The minimum Gasteiger partial charge on any atom is -0.339 e. The third kappa shape index (κ3) is 4.70.